The van der Waals surface area contributed by atoms with Gasteiger partial charge in [-0.15, -0.1) is 5.10 Å². The van der Waals surface area contributed by atoms with Crippen molar-refractivity contribution in [3.8, 4) is 0 Å². The number of hydrogen-bond donors (Lipinski definition) is 1. The van der Waals surface area contributed by atoms with Gasteiger partial charge < -0.3 is 10.2 Å². The average Bonchev–Trinajstić information content (AvgIpc) is 2.47. The molecule has 0 aliphatic heterocycles. The molecule has 0 aliphatic carbocycles. The lowest BCUT2D eigenvalue weighted by Crippen LogP contribution is -2.05. The lowest BCUT2D eigenvalue weighted by Gasteiger charge is -1.88. The number of aromatic nitrogens is 2. The first-order chi connectivity index (χ1) is 6.49. The number of hydrogen-bond acceptors (Lipinski definition) is 2. The van der Waals surface area contributed by atoms with Gasteiger partial charge in [-0.05, 0) is 13.1 Å². The number of rotatable bonds is 2. The van der Waals surface area contributed by atoms with Gasteiger partial charge in [0, 0.05) is 6.54 Å². The lowest BCUT2D eigenvalue weighted by atomic mass is 10.4. The highest BCUT2D eigenvalue weighted by atomic mass is 15.3. The fourth-order valence-electron chi connectivity index (χ4n) is 0.766. The Labute approximate surface area is 69.9 Å². The zero-order valence-electron chi connectivity index (χ0n) is 9.13. The summed E-state index contributed by atoms with van der Waals surface area (Å²) in [7, 11) is 1.73. The minimum absolute atomic E-state index is 0.0373. The van der Waals surface area contributed by atoms with Crippen LogP contribution in [0.2, 0.25) is 0 Å². The summed E-state index contributed by atoms with van der Waals surface area (Å²) in [5, 5.41) is 6.66. The zero-order chi connectivity index (χ0) is 10.8. The minimum atomic E-state index is -2.38. The SMILES string of the molecule is [2H]C([2H])([2H])n1nc(CNC)cc1[N+]#[C-]. The van der Waals surface area contributed by atoms with E-state index in [9.17, 15) is 0 Å². The first kappa shape index (κ1) is 4.52. The van der Waals surface area contributed by atoms with Crippen LogP contribution in [-0.4, -0.2) is 16.8 Å². The molecular weight excluding hydrogens is 140 g/mol. The van der Waals surface area contributed by atoms with Crippen molar-refractivity contribution in [2.45, 2.75) is 6.54 Å². The Bertz CT molecular complexity index is 360. The summed E-state index contributed by atoms with van der Waals surface area (Å²) in [5.74, 6) is 0.0373. The molecule has 1 heterocycles. The normalized spacial score (nSPS) is 14.7. The summed E-state index contributed by atoms with van der Waals surface area (Å²) in [6.45, 7) is 4.87. The summed E-state index contributed by atoms with van der Waals surface area (Å²) in [6.07, 6.45) is 0. The van der Waals surface area contributed by atoms with Crippen molar-refractivity contribution < 1.29 is 4.11 Å². The molecule has 1 aromatic rings. The molecule has 0 amide bonds. The van der Waals surface area contributed by atoms with Gasteiger partial charge in [-0.1, -0.05) is 6.57 Å². The first-order valence-electron chi connectivity index (χ1n) is 4.60. The molecular formula is C7H10N4. The molecule has 4 heteroatoms. The summed E-state index contributed by atoms with van der Waals surface area (Å²) in [6, 6.07) is 1.47. The van der Waals surface area contributed by atoms with Crippen LogP contribution in [0.25, 0.3) is 4.85 Å². The molecule has 0 aromatic carbocycles. The molecule has 0 radical (unpaired) electrons. The Morgan fingerprint density at radius 1 is 2.00 bits per heavy atom. The summed E-state index contributed by atoms with van der Waals surface area (Å²) in [4.78, 5) is 3.10. The Kier molecular flexibility index (Phi) is 1.30. The molecule has 1 aromatic heterocycles. The van der Waals surface area contributed by atoms with Crippen molar-refractivity contribution in [3.05, 3.63) is 23.2 Å². The van der Waals surface area contributed by atoms with Gasteiger partial charge in [-0.2, -0.15) is 0 Å². The number of nitrogens with zero attached hydrogens (tertiary/aromatic N) is 3. The molecule has 58 valence electrons. The minimum Gasteiger partial charge on any atom is -0.362 e. The van der Waals surface area contributed by atoms with Gasteiger partial charge in [-0.3, -0.25) is 0 Å². The average molecular weight is 153 g/mol. The standard InChI is InChI=1S/C7H10N4/c1-8-5-6-4-7(9-2)11(3)10-6/h4,8H,5H2,1,3H3/i3D3. The largest absolute Gasteiger partial charge is 0.362 e. The predicted octanol–water partition coefficient (Wildman–Crippen LogP) is 0.690. The third-order valence-electron chi connectivity index (χ3n) is 1.21. The summed E-state index contributed by atoms with van der Waals surface area (Å²) in [5.41, 5.74) is 0.551. The van der Waals surface area contributed by atoms with E-state index in [1.165, 1.54) is 6.07 Å². The van der Waals surface area contributed by atoms with Crippen molar-refractivity contribution in [2.75, 3.05) is 7.05 Å². The molecule has 0 fully saturated rings. The maximum Gasteiger partial charge on any atom is 0.252 e. The third-order valence-corrected chi connectivity index (χ3v) is 1.21. The van der Waals surface area contributed by atoms with Crippen LogP contribution in [0.1, 0.15) is 9.81 Å². The fourth-order valence-corrected chi connectivity index (χ4v) is 0.766. The highest BCUT2D eigenvalue weighted by molar-refractivity contribution is 5.37. The van der Waals surface area contributed by atoms with Gasteiger partial charge in [0.05, 0.1) is 16.8 Å². The summed E-state index contributed by atoms with van der Waals surface area (Å²) < 4.78 is 22.2. The van der Waals surface area contributed by atoms with Gasteiger partial charge in [0.25, 0.3) is 5.82 Å². The number of aryl methyl sites for hydroxylation is 1. The second kappa shape index (κ2) is 3.17. The molecule has 0 spiro atoms. The van der Waals surface area contributed by atoms with Gasteiger partial charge in [0.1, 0.15) is 0 Å². The fraction of sp³-hybridized carbons (Fsp3) is 0.429. The van der Waals surface area contributed by atoms with E-state index < -0.39 is 6.98 Å². The maximum atomic E-state index is 7.13. The second-order valence-electron chi connectivity index (χ2n) is 2.05. The Morgan fingerprint density at radius 2 is 2.82 bits per heavy atom. The Morgan fingerprint density at radius 3 is 3.27 bits per heavy atom. The van der Waals surface area contributed by atoms with Crippen LogP contribution in [0.4, 0.5) is 5.82 Å². The van der Waals surface area contributed by atoms with Crippen molar-refractivity contribution >= 4 is 5.82 Å². The molecule has 1 rings (SSSR count). The molecule has 0 atom stereocenters. The van der Waals surface area contributed by atoms with Crippen molar-refractivity contribution in [3.63, 3.8) is 0 Å². The van der Waals surface area contributed by atoms with Crippen molar-refractivity contribution in [1.82, 2.24) is 15.1 Å². The highest BCUT2D eigenvalue weighted by Gasteiger charge is 2.02. The van der Waals surface area contributed by atoms with E-state index in [0.29, 0.717) is 12.2 Å². The third kappa shape index (κ3) is 1.57. The summed E-state index contributed by atoms with van der Waals surface area (Å²) >= 11 is 0. The Hall–Kier alpha value is -1.34. The molecule has 0 bridgehead atoms. The van der Waals surface area contributed by atoms with E-state index in [1.807, 2.05) is 0 Å². The van der Waals surface area contributed by atoms with E-state index in [2.05, 4.69) is 15.3 Å². The molecule has 0 saturated heterocycles. The van der Waals surface area contributed by atoms with E-state index >= 15 is 0 Å². The van der Waals surface area contributed by atoms with Gasteiger partial charge in [-0.25, -0.2) is 4.68 Å². The molecule has 1 N–H and O–H groups in total. The zero-order valence-corrected chi connectivity index (χ0v) is 6.13. The van der Waals surface area contributed by atoms with Crippen LogP contribution in [0.3, 0.4) is 0 Å². The van der Waals surface area contributed by atoms with Crippen LogP contribution in [0.5, 0.6) is 0 Å². The van der Waals surface area contributed by atoms with Crippen LogP contribution in [0.15, 0.2) is 6.07 Å². The second-order valence-corrected chi connectivity index (χ2v) is 2.05. The van der Waals surface area contributed by atoms with E-state index in [0.717, 1.165) is 4.68 Å². The molecule has 0 saturated carbocycles. The van der Waals surface area contributed by atoms with Gasteiger partial charge in [0.15, 0.2) is 0 Å². The van der Waals surface area contributed by atoms with E-state index in [4.69, 9.17) is 10.7 Å². The Balaban J connectivity index is 3.11. The molecule has 11 heavy (non-hydrogen) atoms. The van der Waals surface area contributed by atoms with Crippen LogP contribution in [-0.2, 0) is 13.5 Å². The van der Waals surface area contributed by atoms with Crippen LogP contribution >= 0.6 is 0 Å². The molecule has 4 nitrogen and oxygen atoms in total. The van der Waals surface area contributed by atoms with Gasteiger partial charge >= 0.3 is 0 Å². The smallest absolute Gasteiger partial charge is 0.252 e. The quantitative estimate of drug-likeness (QED) is 0.634. The maximum absolute atomic E-state index is 7.13. The number of nitrogens with one attached hydrogen (secondary N) is 1. The van der Waals surface area contributed by atoms with E-state index in [1.54, 1.807) is 7.05 Å². The molecule has 0 aliphatic rings. The van der Waals surface area contributed by atoms with Crippen LogP contribution < -0.4 is 5.32 Å². The van der Waals surface area contributed by atoms with Crippen molar-refractivity contribution in [1.29, 1.82) is 0 Å². The highest BCUT2D eigenvalue weighted by Crippen LogP contribution is 2.11. The van der Waals surface area contributed by atoms with E-state index in [-0.39, 0.29) is 5.82 Å². The monoisotopic (exact) mass is 153 g/mol. The van der Waals surface area contributed by atoms with Crippen LogP contribution in [0, 0.1) is 6.57 Å². The lowest BCUT2D eigenvalue weighted by molar-refractivity contribution is 0.719. The topological polar surface area (TPSA) is 34.2 Å². The molecule has 0 unspecified atom stereocenters. The van der Waals surface area contributed by atoms with Gasteiger partial charge in [0.2, 0.25) is 0 Å². The first-order valence-corrected chi connectivity index (χ1v) is 3.10. The predicted molar refractivity (Wildman–Crippen MR) is 42.2 cm³/mol. The van der Waals surface area contributed by atoms with Crippen molar-refractivity contribution in [2.24, 2.45) is 6.98 Å².